The van der Waals surface area contributed by atoms with Crippen LogP contribution >= 0.6 is 0 Å². The van der Waals surface area contributed by atoms with Crippen molar-refractivity contribution in [1.29, 1.82) is 0 Å². The van der Waals surface area contributed by atoms with Gasteiger partial charge in [-0.25, -0.2) is 0 Å². The highest BCUT2D eigenvalue weighted by Crippen LogP contribution is 2.64. The third-order valence-corrected chi connectivity index (χ3v) is 10.6. The molecule has 1 saturated heterocycles. The topological polar surface area (TPSA) is 287 Å². The molecule has 56 heavy (non-hydrogen) atoms. The number of ether oxygens (including phenoxy) is 7. The Labute approximate surface area is 316 Å². The van der Waals surface area contributed by atoms with Gasteiger partial charge in [0, 0.05) is 46.9 Å². The lowest BCUT2D eigenvalue weighted by Crippen LogP contribution is -2.64. The minimum absolute atomic E-state index is 0.00807. The second-order valence-corrected chi connectivity index (χ2v) is 13.9. The Morgan fingerprint density at radius 3 is 2.05 bits per heavy atom. The van der Waals surface area contributed by atoms with E-state index in [4.69, 9.17) is 33.2 Å². The molecule has 4 aliphatic rings. The van der Waals surface area contributed by atoms with Crippen molar-refractivity contribution in [1.82, 2.24) is 0 Å². The van der Waals surface area contributed by atoms with E-state index < -0.39 is 96.1 Å². The highest BCUT2D eigenvalue weighted by Gasteiger charge is 2.63. The molecule has 10 atom stereocenters. The fraction of sp³-hybridized carbons (Fsp3) is 0.368. The standard InChI is InChI=1S/C38H38O18/c1-50-24-6-14(7-25(51-2)30(24)46)38-36(54-37-33(49)32(48)31(47)26(12-39)52-37)29(27-20(44)8-15(40)9-22(27)55-38)28-23(56-38)11-18(42)16-10-21(45)34(53-35(16)28)13-3-4-17(41)19(43)5-13/h3-9,11,21,26,29,31-34,36-37,39-49H,10,12H2,1-2H3/t21-,26+,29?,31+,32-,33+,34+,36?,37-,38?/m0/s1. The quantitative estimate of drug-likeness (QED) is 0.116. The van der Waals surface area contributed by atoms with Gasteiger partial charge in [0.25, 0.3) is 0 Å². The number of fused-ring (bicyclic) bond motifs is 8. The third kappa shape index (κ3) is 5.60. The van der Waals surface area contributed by atoms with Crippen LogP contribution in [0.1, 0.15) is 39.8 Å². The summed E-state index contributed by atoms with van der Waals surface area (Å²) in [6.07, 6.45) is -13.2. The van der Waals surface area contributed by atoms with Gasteiger partial charge in [-0.05, 0) is 29.8 Å². The van der Waals surface area contributed by atoms with E-state index in [0.717, 1.165) is 6.07 Å². The van der Waals surface area contributed by atoms with Crippen molar-refractivity contribution in [2.75, 3.05) is 20.8 Å². The molecule has 1 fully saturated rings. The second kappa shape index (κ2) is 13.6. The summed E-state index contributed by atoms with van der Waals surface area (Å²) in [5.74, 6) is -6.93. The Morgan fingerprint density at radius 1 is 0.732 bits per heavy atom. The van der Waals surface area contributed by atoms with Crippen LogP contribution in [0.15, 0.2) is 48.5 Å². The molecule has 0 radical (unpaired) electrons. The molecule has 0 aromatic heterocycles. The zero-order valence-corrected chi connectivity index (χ0v) is 29.5. The van der Waals surface area contributed by atoms with Crippen molar-refractivity contribution in [3.8, 4) is 63.2 Å². The number of aliphatic hydroxyl groups is 5. The molecule has 3 unspecified atom stereocenters. The first-order valence-corrected chi connectivity index (χ1v) is 17.3. The maximum Gasteiger partial charge on any atom is 0.305 e. The number of benzene rings is 4. The average molecular weight is 783 g/mol. The summed E-state index contributed by atoms with van der Waals surface area (Å²) in [4.78, 5) is 0. The van der Waals surface area contributed by atoms with E-state index in [0.29, 0.717) is 0 Å². The minimum atomic E-state index is -2.31. The van der Waals surface area contributed by atoms with Gasteiger partial charge in [-0.1, -0.05) is 6.07 Å². The number of methoxy groups -OCH3 is 2. The average Bonchev–Trinajstić information content (AvgIpc) is 3.16. The molecule has 4 aromatic rings. The molecule has 0 saturated carbocycles. The van der Waals surface area contributed by atoms with Crippen LogP contribution in [0.5, 0.6) is 63.2 Å². The third-order valence-electron chi connectivity index (χ3n) is 10.6. The number of phenolic OH excluding ortho intramolecular Hbond substituents is 6. The summed E-state index contributed by atoms with van der Waals surface area (Å²) < 4.78 is 42.9. The first-order chi connectivity index (χ1) is 26.7. The SMILES string of the molecule is COc1cc(C23Oc4cc(O)cc(O)c4C(c4c(cc(O)c5c4O[C@H](c4ccc(O)c(O)c4)[C@@H](O)C5)O2)C3O[C@@H]2O[C@H](CO)[C@@H](O)[C@H](O)[C@H]2O)cc(OC)c1O. The highest BCUT2D eigenvalue weighted by atomic mass is 16.8. The van der Waals surface area contributed by atoms with Crippen molar-refractivity contribution < 1.29 is 89.3 Å². The molecule has 18 heteroatoms. The zero-order valence-electron chi connectivity index (χ0n) is 29.5. The molecule has 0 aliphatic carbocycles. The van der Waals surface area contributed by atoms with E-state index in [9.17, 15) is 56.2 Å². The number of aliphatic hydroxyl groups excluding tert-OH is 5. The van der Waals surface area contributed by atoms with Crippen LogP contribution in [-0.4, -0.2) is 120 Å². The maximum atomic E-state index is 11.6. The highest BCUT2D eigenvalue weighted by molar-refractivity contribution is 5.68. The molecule has 18 nitrogen and oxygen atoms in total. The number of phenols is 6. The fourth-order valence-electron chi connectivity index (χ4n) is 7.91. The molecule has 4 aromatic carbocycles. The predicted octanol–water partition coefficient (Wildman–Crippen LogP) is 0.929. The van der Waals surface area contributed by atoms with Crippen LogP contribution in [-0.2, 0) is 21.7 Å². The van der Waals surface area contributed by atoms with Gasteiger partial charge in [0.1, 0.15) is 65.0 Å². The lowest BCUT2D eigenvalue weighted by atomic mass is 9.73. The summed E-state index contributed by atoms with van der Waals surface area (Å²) in [5, 5.41) is 119. The molecule has 11 N–H and O–H groups in total. The van der Waals surface area contributed by atoms with E-state index in [-0.39, 0.29) is 68.7 Å². The largest absolute Gasteiger partial charge is 0.508 e. The van der Waals surface area contributed by atoms with Crippen LogP contribution in [0.25, 0.3) is 0 Å². The molecule has 4 aliphatic heterocycles. The molecule has 2 bridgehead atoms. The second-order valence-electron chi connectivity index (χ2n) is 13.9. The lowest BCUT2D eigenvalue weighted by molar-refractivity contribution is -0.345. The summed E-state index contributed by atoms with van der Waals surface area (Å²) >= 11 is 0. The van der Waals surface area contributed by atoms with Crippen LogP contribution in [0.3, 0.4) is 0 Å². The van der Waals surface area contributed by atoms with E-state index in [1.165, 1.54) is 56.7 Å². The predicted molar refractivity (Wildman–Crippen MR) is 185 cm³/mol. The van der Waals surface area contributed by atoms with Gasteiger partial charge in [0.2, 0.25) is 5.75 Å². The Bertz CT molecular complexity index is 2170. The molecular weight excluding hydrogens is 744 g/mol. The Morgan fingerprint density at radius 2 is 1.41 bits per heavy atom. The number of aromatic hydroxyl groups is 6. The number of hydrogen-bond donors (Lipinski definition) is 11. The van der Waals surface area contributed by atoms with Gasteiger partial charge in [-0.2, -0.15) is 0 Å². The lowest BCUT2D eigenvalue weighted by Gasteiger charge is -2.53. The van der Waals surface area contributed by atoms with Gasteiger partial charge >= 0.3 is 5.79 Å². The Kier molecular flexibility index (Phi) is 9.04. The molecule has 8 rings (SSSR count). The molecule has 0 spiro atoms. The molecule has 4 heterocycles. The first-order valence-electron chi connectivity index (χ1n) is 17.3. The van der Waals surface area contributed by atoms with Crippen LogP contribution in [0.2, 0.25) is 0 Å². The van der Waals surface area contributed by atoms with Crippen molar-refractivity contribution in [2.24, 2.45) is 0 Å². The summed E-state index contributed by atoms with van der Waals surface area (Å²) in [6.45, 7) is -0.799. The van der Waals surface area contributed by atoms with E-state index >= 15 is 0 Å². The smallest absolute Gasteiger partial charge is 0.305 e. The van der Waals surface area contributed by atoms with Gasteiger partial charge in [-0.3, -0.25) is 0 Å². The van der Waals surface area contributed by atoms with E-state index in [2.05, 4.69) is 0 Å². The Balaban J connectivity index is 1.41. The van der Waals surface area contributed by atoms with Crippen LogP contribution < -0.4 is 23.7 Å². The van der Waals surface area contributed by atoms with Crippen molar-refractivity contribution in [3.05, 3.63) is 76.3 Å². The summed E-state index contributed by atoms with van der Waals surface area (Å²) in [5.41, 5.74) is 0.397. The molecule has 0 amide bonds. The van der Waals surface area contributed by atoms with Crippen LogP contribution in [0.4, 0.5) is 0 Å². The normalized spacial score (nSPS) is 30.1. The van der Waals surface area contributed by atoms with Gasteiger partial charge in [-0.15, -0.1) is 0 Å². The monoisotopic (exact) mass is 782 g/mol. The van der Waals surface area contributed by atoms with Crippen molar-refractivity contribution in [2.45, 2.75) is 67.1 Å². The van der Waals surface area contributed by atoms with Crippen molar-refractivity contribution in [3.63, 3.8) is 0 Å². The molecule has 298 valence electrons. The van der Waals surface area contributed by atoms with Gasteiger partial charge in [0.15, 0.2) is 35.4 Å². The number of rotatable bonds is 7. The Hall–Kier alpha value is -5.60. The zero-order chi connectivity index (χ0) is 40.0. The van der Waals surface area contributed by atoms with E-state index in [1.807, 2.05) is 0 Å². The summed E-state index contributed by atoms with van der Waals surface area (Å²) in [6, 6.07) is 9.88. The maximum absolute atomic E-state index is 11.6. The first kappa shape index (κ1) is 37.3. The minimum Gasteiger partial charge on any atom is -0.508 e. The van der Waals surface area contributed by atoms with E-state index in [1.54, 1.807) is 0 Å². The van der Waals surface area contributed by atoms with Crippen molar-refractivity contribution >= 4 is 0 Å². The van der Waals surface area contributed by atoms with Crippen LogP contribution in [0, 0.1) is 0 Å². The number of hydrogen-bond acceptors (Lipinski definition) is 18. The van der Waals surface area contributed by atoms with Gasteiger partial charge in [0.05, 0.1) is 32.8 Å². The molecular formula is C38H38O18. The summed E-state index contributed by atoms with van der Waals surface area (Å²) in [7, 11) is 2.54. The fourth-order valence-corrected chi connectivity index (χ4v) is 7.91. The van der Waals surface area contributed by atoms with Gasteiger partial charge < -0.3 is 89.3 Å².